The van der Waals surface area contributed by atoms with Crippen LogP contribution >= 0.6 is 11.3 Å². The smallest absolute Gasteiger partial charge is 0.403 e. The van der Waals surface area contributed by atoms with E-state index in [9.17, 15) is 13.2 Å². The number of hydrogen-bond acceptors (Lipinski definition) is 3. The van der Waals surface area contributed by atoms with Crippen molar-refractivity contribution < 1.29 is 17.9 Å². The third-order valence-electron chi connectivity index (χ3n) is 1.71. The van der Waals surface area contributed by atoms with E-state index in [1.54, 1.807) is 13.0 Å². The molecule has 0 bridgehead atoms. The molecule has 0 radical (unpaired) electrons. The van der Waals surface area contributed by atoms with Crippen molar-refractivity contribution in [2.75, 3.05) is 0 Å². The Bertz CT molecular complexity index is 493. The van der Waals surface area contributed by atoms with Crippen molar-refractivity contribution in [3.8, 4) is 5.75 Å². The van der Waals surface area contributed by atoms with Crippen LogP contribution in [0.1, 0.15) is 18.9 Å². The maximum absolute atomic E-state index is 12.0. The summed E-state index contributed by atoms with van der Waals surface area (Å²) in [6.45, 7) is 5.74. The standard InChI is InChI=1S/C9H6F3NOS.C2H6/c1-5-13-8-6(14-9(10,11)12)3-2-4-7(8)15-5;1-2/h2-4H,1H3;1-2H3. The van der Waals surface area contributed by atoms with Crippen molar-refractivity contribution in [3.05, 3.63) is 23.2 Å². The van der Waals surface area contributed by atoms with E-state index in [2.05, 4.69) is 9.72 Å². The van der Waals surface area contributed by atoms with Crippen LogP contribution in [0.15, 0.2) is 18.2 Å². The zero-order valence-electron chi connectivity index (χ0n) is 9.63. The molecule has 0 saturated carbocycles. The van der Waals surface area contributed by atoms with Gasteiger partial charge in [0.2, 0.25) is 0 Å². The van der Waals surface area contributed by atoms with Gasteiger partial charge in [0.05, 0.1) is 9.71 Å². The van der Waals surface area contributed by atoms with Gasteiger partial charge in [-0.05, 0) is 19.1 Å². The molecule has 0 unspecified atom stereocenters. The van der Waals surface area contributed by atoms with Crippen LogP contribution in [-0.4, -0.2) is 11.3 Å². The first kappa shape index (κ1) is 13.8. The number of nitrogens with zero attached hydrogens (tertiary/aromatic N) is 1. The van der Waals surface area contributed by atoms with Gasteiger partial charge in [0.25, 0.3) is 0 Å². The molecule has 2 aromatic rings. The third kappa shape index (κ3) is 3.59. The minimum absolute atomic E-state index is 0.246. The van der Waals surface area contributed by atoms with Gasteiger partial charge in [-0.1, -0.05) is 19.9 Å². The Hall–Kier alpha value is -1.30. The highest BCUT2D eigenvalue weighted by Gasteiger charge is 2.32. The molecule has 2 nitrogen and oxygen atoms in total. The number of halogens is 3. The largest absolute Gasteiger partial charge is 0.573 e. The molecule has 94 valence electrons. The average molecular weight is 263 g/mol. The number of fused-ring (bicyclic) bond motifs is 1. The van der Waals surface area contributed by atoms with Gasteiger partial charge in [-0.2, -0.15) is 0 Å². The third-order valence-corrected chi connectivity index (χ3v) is 2.65. The summed E-state index contributed by atoms with van der Waals surface area (Å²) in [5.74, 6) is -0.246. The van der Waals surface area contributed by atoms with Crippen molar-refractivity contribution in [2.24, 2.45) is 0 Å². The maximum Gasteiger partial charge on any atom is 0.573 e. The molecule has 0 N–H and O–H groups in total. The molecular weight excluding hydrogens is 251 g/mol. The lowest BCUT2D eigenvalue weighted by molar-refractivity contribution is -0.274. The fourth-order valence-corrected chi connectivity index (χ4v) is 2.09. The molecule has 0 spiro atoms. The van der Waals surface area contributed by atoms with Gasteiger partial charge >= 0.3 is 6.36 Å². The number of hydrogen-bond donors (Lipinski definition) is 0. The van der Waals surface area contributed by atoms with Crippen LogP contribution in [0, 0.1) is 6.92 Å². The van der Waals surface area contributed by atoms with Gasteiger partial charge < -0.3 is 4.74 Å². The average Bonchev–Trinajstić information content (AvgIpc) is 2.60. The van der Waals surface area contributed by atoms with Crippen LogP contribution in [0.5, 0.6) is 5.75 Å². The highest BCUT2D eigenvalue weighted by atomic mass is 32.1. The van der Waals surface area contributed by atoms with Gasteiger partial charge in [-0.15, -0.1) is 24.5 Å². The zero-order chi connectivity index (χ0) is 13.1. The summed E-state index contributed by atoms with van der Waals surface area (Å²) >= 11 is 1.33. The number of thiazole rings is 1. The number of ether oxygens (including phenoxy) is 1. The molecule has 6 heteroatoms. The van der Waals surface area contributed by atoms with Gasteiger partial charge in [0.1, 0.15) is 5.52 Å². The first-order valence-corrected chi connectivity index (χ1v) is 5.89. The van der Waals surface area contributed by atoms with Crippen LogP contribution in [0.4, 0.5) is 13.2 Å². The summed E-state index contributed by atoms with van der Waals surface area (Å²) in [7, 11) is 0. The SMILES string of the molecule is CC.Cc1nc2c(OC(F)(F)F)cccc2s1. The van der Waals surface area contributed by atoms with Crippen LogP contribution in [0.2, 0.25) is 0 Å². The monoisotopic (exact) mass is 263 g/mol. The highest BCUT2D eigenvalue weighted by molar-refractivity contribution is 7.18. The van der Waals surface area contributed by atoms with Crippen molar-refractivity contribution in [1.82, 2.24) is 4.98 Å². The van der Waals surface area contributed by atoms with Crippen LogP contribution in [-0.2, 0) is 0 Å². The second-order valence-electron chi connectivity index (χ2n) is 2.88. The maximum atomic E-state index is 12.0. The molecule has 0 atom stereocenters. The lowest BCUT2D eigenvalue weighted by Gasteiger charge is -2.08. The second kappa shape index (κ2) is 5.35. The molecule has 1 aromatic heterocycles. The summed E-state index contributed by atoms with van der Waals surface area (Å²) < 4.78 is 40.6. The zero-order valence-corrected chi connectivity index (χ0v) is 10.4. The summed E-state index contributed by atoms with van der Waals surface area (Å²) in [5.41, 5.74) is 0.261. The first-order chi connectivity index (χ1) is 7.96. The van der Waals surface area contributed by atoms with Gasteiger partial charge in [-0.25, -0.2) is 4.98 Å². The topological polar surface area (TPSA) is 22.1 Å². The number of benzene rings is 1. The van der Waals surface area contributed by atoms with Crippen molar-refractivity contribution in [1.29, 1.82) is 0 Å². The molecule has 17 heavy (non-hydrogen) atoms. The predicted molar refractivity (Wildman–Crippen MR) is 62.4 cm³/mol. The molecule has 0 aliphatic rings. The van der Waals surface area contributed by atoms with E-state index in [0.717, 1.165) is 0 Å². The van der Waals surface area contributed by atoms with E-state index in [0.29, 0.717) is 9.71 Å². The van der Waals surface area contributed by atoms with E-state index >= 15 is 0 Å². The van der Waals surface area contributed by atoms with Crippen molar-refractivity contribution in [3.63, 3.8) is 0 Å². The van der Waals surface area contributed by atoms with E-state index in [1.165, 1.54) is 23.5 Å². The van der Waals surface area contributed by atoms with Gasteiger partial charge in [-0.3, -0.25) is 0 Å². The molecule has 2 rings (SSSR count). The normalized spacial score (nSPS) is 10.9. The second-order valence-corrected chi connectivity index (χ2v) is 4.12. The number of aryl methyl sites for hydroxylation is 1. The lowest BCUT2D eigenvalue weighted by Crippen LogP contribution is -2.17. The van der Waals surface area contributed by atoms with Crippen LogP contribution < -0.4 is 4.74 Å². The van der Waals surface area contributed by atoms with Crippen molar-refractivity contribution in [2.45, 2.75) is 27.1 Å². The molecule has 0 fully saturated rings. The van der Waals surface area contributed by atoms with E-state index < -0.39 is 6.36 Å². The van der Waals surface area contributed by atoms with E-state index in [-0.39, 0.29) is 11.3 Å². The summed E-state index contributed by atoms with van der Waals surface area (Å²) in [6.07, 6.45) is -4.67. The fourth-order valence-electron chi connectivity index (χ4n) is 1.24. The molecule has 0 saturated heterocycles. The first-order valence-electron chi connectivity index (χ1n) is 5.07. The molecular formula is C11H12F3NOS. The Morgan fingerprint density at radius 2 is 1.88 bits per heavy atom. The van der Waals surface area contributed by atoms with Crippen molar-refractivity contribution >= 4 is 21.6 Å². The van der Waals surface area contributed by atoms with Gasteiger partial charge in [0.15, 0.2) is 5.75 Å². The molecule has 1 aromatic carbocycles. The Balaban J connectivity index is 0.000000686. The summed E-state index contributed by atoms with van der Waals surface area (Å²) in [6, 6.07) is 4.49. The quantitative estimate of drug-likeness (QED) is 0.754. The highest BCUT2D eigenvalue weighted by Crippen LogP contribution is 2.32. The number of alkyl halides is 3. The Kier molecular flexibility index (Phi) is 4.34. The van der Waals surface area contributed by atoms with E-state index in [1.807, 2.05) is 13.8 Å². The predicted octanol–water partition coefficient (Wildman–Crippen LogP) is 4.53. The van der Waals surface area contributed by atoms with Crippen LogP contribution in [0.25, 0.3) is 10.2 Å². The van der Waals surface area contributed by atoms with Gasteiger partial charge in [0, 0.05) is 0 Å². The number of aromatic nitrogens is 1. The Labute approximate surface area is 101 Å². The fraction of sp³-hybridized carbons (Fsp3) is 0.364. The molecule has 0 amide bonds. The number of para-hydroxylation sites is 1. The van der Waals surface area contributed by atoms with Crippen LogP contribution in [0.3, 0.4) is 0 Å². The molecule has 0 aliphatic heterocycles. The Morgan fingerprint density at radius 1 is 1.24 bits per heavy atom. The molecule has 0 aliphatic carbocycles. The molecule has 1 heterocycles. The minimum Gasteiger partial charge on any atom is -0.403 e. The summed E-state index contributed by atoms with van der Waals surface area (Å²) in [4.78, 5) is 3.99. The number of rotatable bonds is 1. The lowest BCUT2D eigenvalue weighted by atomic mass is 10.3. The Morgan fingerprint density at radius 3 is 2.47 bits per heavy atom. The van der Waals surface area contributed by atoms with E-state index in [4.69, 9.17) is 0 Å². The minimum atomic E-state index is -4.67. The summed E-state index contributed by atoms with van der Waals surface area (Å²) in [5, 5.41) is 0.711.